The molecule has 0 aliphatic heterocycles. The normalized spacial score (nSPS) is 10.5. The molecule has 0 atom stereocenters. The summed E-state index contributed by atoms with van der Waals surface area (Å²) in [4.78, 5) is 25.5. The number of aromatic nitrogens is 4. The van der Waals surface area contributed by atoms with Gasteiger partial charge in [-0.3, -0.25) is 9.36 Å². The van der Waals surface area contributed by atoms with Crippen LogP contribution in [0.15, 0.2) is 67.3 Å². The van der Waals surface area contributed by atoms with Crippen molar-refractivity contribution in [3.05, 3.63) is 78.6 Å². The first-order valence-electron chi connectivity index (χ1n) is 9.81. The Bertz CT molecular complexity index is 1240. The number of carbonyl (C=O) groups is 1. The van der Waals surface area contributed by atoms with Crippen molar-refractivity contribution in [2.75, 3.05) is 24.9 Å². The van der Waals surface area contributed by atoms with E-state index in [0.717, 1.165) is 11.5 Å². The lowest BCUT2D eigenvalue weighted by atomic mass is 10.1. The predicted octanol–water partition coefficient (Wildman–Crippen LogP) is 3.98. The fourth-order valence-corrected chi connectivity index (χ4v) is 3.22. The Balaban J connectivity index is 1.46. The molecule has 0 bridgehead atoms. The zero-order chi connectivity index (χ0) is 22.5. The van der Waals surface area contributed by atoms with Crippen LogP contribution in [0.1, 0.15) is 16.2 Å². The van der Waals surface area contributed by atoms with Gasteiger partial charge in [0.1, 0.15) is 23.8 Å². The molecule has 0 spiro atoms. The lowest BCUT2D eigenvalue weighted by Crippen LogP contribution is -2.13. The van der Waals surface area contributed by atoms with E-state index in [-0.39, 0.29) is 5.91 Å². The Morgan fingerprint density at radius 1 is 0.969 bits per heavy atom. The Hall–Kier alpha value is -4.40. The number of amides is 1. The molecule has 2 heterocycles. The molecule has 1 amide bonds. The number of benzene rings is 2. The van der Waals surface area contributed by atoms with Crippen LogP contribution in [0.2, 0.25) is 0 Å². The molecule has 2 N–H and O–H groups in total. The average molecular weight is 430 g/mol. The number of nitrogens with zero attached hydrogens (tertiary/aromatic N) is 4. The number of para-hydroxylation sites is 1. The van der Waals surface area contributed by atoms with Crippen molar-refractivity contribution in [2.24, 2.45) is 0 Å². The van der Waals surface area contributed by atoms with E-state index >= 15 is 0 Å². The highest BCUT2D eigenvalue weighted by Gasteiger charge is 2.16. The number of anilines is 3. The molecule has 0 fully saturated rings. The number of carbonyl (C=O) groups excluding carboxylic acids is 1. The second-order valence-electron chi connectivity index (χ2n) is 6.80. The molecule has 0 aliphatic carbocycles. The molecule has 32 heavy (non-hydrogen) atoms. The van der Waals surface area contributed by atoms with Crippen LogP contribution >= 0.6 is 0 Å². The Morgan fingerprint density at radius 3 is 2.44 bits per heavy atom. The Labute approximate surface area is 185 Å². The molecule has 0 aliphatic rings. The third-order valence-electron chi connectivity index (χ3n) is 4.79. The molecule has 0 saturated heterocycles. The van der Waals surface area contributed by atoms with Gasteiger partial charge in [-0.2, -0.15) is 0 Å². The number of methoxy groups -OCH3 is 2. The maximum atomic E-state index is 12.7. The molecule has 162 valence electrons. The largest absolute Gasteiger partial charge is 0.493 e. The molecule has 2 aromatic carbocycles. The first-order chi connectivity index (χ1) is 15.6. The van der Waals surface area contributed by atoms with Gasteiger partial charge in [-0.1, -0.05) is 6.07 Å². The van der Waals surface area contributed by atoms with Crippen molar-refractivity contribution in [2.45, 2.75) is 6.92 Å². The van der Waals surface area contributed by atoms with Gasteiger partial charge in [0.05, 0.1) is 19.8 Å². The van der Waals surface area contributed by atoms with Crippen LogP contribution in [-0.2, 0) is 0 Å². The minimum absolute atomic E-state index is 0.294. The quantitative estimate of drug-likeness (QED) is 0.457. The van der Waals surface area contributed by atoms with E-state index in [1.807, 2.05) is 35.9 Å². The van der Waals surface area contributed by atoms with E-state index in [0.29, 0.717) is 34.4 Å². The van der Waals surface area contributed by atoms with Crippen LogP contribution in [0.3, 0.4) is 0 Å². The summed E-state index contributed by atoms with van der Waals surface area (Å²) in [6.07, 6.45) is 5.06. The van der Waals surface area contributed by atoms with E-state index < -0.39 is 0 Å². The molecular formula is C23H22N6O3. The SMILES string of the molecule is COc1cccc(C(=O)Nc2ccc(Nc3cc(-n4ccnc4C)ncn3)cc2)c1OC. The standard InChI is InChI=1S/C23H22N6O3/c1-15-24-11-12-29(15)21-13-20(25-14-26-21)27-16-7-9-17(10-8-16)28-23(30)18-5-4-6-19(31-2)22(18)32-3/h4-14H,1-3H3,(H,28,30)(H,25,26,27). The van der Waals surface area contributed by atoms with Crippen molar-refractivity contribution in [1.82, 2.24) is 19.5 Å². The van der Waals surface area contributed by atoms with Crippen LogP contribution in [0.5, 0.6) is 11.5 Å². The Morgan fingerprint density at radius 2 is 1.75 bits per heavy atom. The van der Waals surface area contributed by atoms with Crippen molar-refractivity contribution >= 4 is 23.1 Å². The minimum Gasteiger partial charge on any atom is -0.493 e. The third-order valence-corrected chi connectivity index (χ3v) is 4.79. The summed E-state index contributed by atoms with van der Waals surface area (Å²) in [5.41, 5.74) is 1.84. The first kappa shape index (κ1) is 20.9. The fraction of sp³-hybridized carbons (Fsp3) is 0.130. The zero-order valence-electron chi connectivity index (χ0n) is 17.9. The molecule has 0 saturated carbocycles. The van der Waals surface area contributed by atoms with Gasteiger partial charge in [-0.25, -0.2) is 15.0 Å². The summed E-state index contributed by atoms with van der Waals surface area (Å²) in [6.45, 7) is 1.91. The number of ether oxygens (including phenoxy) is 2. The van der Waals surface area contributed by atoms with Crippen molar-refractivity contribution in [1.29, 1.82) is 0 Å². The molecule has 9 heteroatoms. The van der Waals surface area contributed by atoms with E-state index in [1.165, 1.54) is 20.5 Å². The van der Waals surface area contributed by atoms with Crippen molar-refractivity contribution in [3.63, 3.8) is 0 Å². The number of imidazole rings is 1. The predicted molar refractivity (Wildman–Crippen MR) is 121 cm³/mol. The van der Waals surface area contributed by atoms with E-state index in [4.69, 9.17) is 9.47 Å². The topological polar surface area (TPSA) is 103 Å². The van der Waals surface area contributed by atoms with Gasteiger partial charge in [0, 0.05) is 29.8 Å². The van der Waals surface area contributed by atoms with Gasteiger partial charge in [-0.15, -0.1) is 0 Å². The van der Waals surface area contributed by atoms with Gasteiger partial charge in [0.2, 0.25) is 0 Å². The first-order valence-corrected chi connectivity index (χ1v) is 9.81. The van der Waals surface area contributed by atoms with Crippen molar-refractivity contribution < 1.29 is 14.3 Å². The summed E-state index contributed by atoms with van der Waals surface area (Å²) in [5.74, 6) is 2.78. The third kappa shape index (κ3) is 4.36. The highest BCUT2D eigenvalue weighted by Crippen LogP contribution is 2.31. The monoisotopic (exact) mass is 430 g/mol. The number of aryl methyl sites for hydroxylation is 1. The van der Waals surface area contributed by atoms with Gasteiger partial charge in [0.15, 0.2) is 11.5 Å². The van der Waals surface area contributed by atoms with Gasteiger partial charge >= 0.3 is 0 Å². The second-order valence-corrected chi connectivity index (χ2v) is 6.80. The van der Waals surface area contributed by atoms with Crippen LogP contribution in [0.25, 0.3) is 5.82 Å². The molecule has 0 radical (unpaired) electrons. The van der Waals surface area contributed by atoms with Crippen LogP contribution in [0, 0.1) is 6.92 Å². The molecule has 4 rings (SSSR count). The number of hydrogen-bond donors (Lipinski definition) is 2. The maximum Gasteiger partial charge on any atom is 0.259 e. The summed E-state index contributed by atoms with van der Waals surface area (Å²) in [5, 5.41) is 6.11. The molecule has 4 aromatic rings. The molecular weight excluding hydrogens is 408 g/mol. The van der Waals surface area contributed by atoms with Crippen LogP contribution in [-0.4, -0.2) is 39.6 Å². The summed E-state index contributed by atoms with van der Waals surface area (Å²) in [6, 6.07) is 14.3. The smallest absolute Gasteiger partial charge is 0.259 e. The van der Waals surface area contributed by atoms with E-state index in [9.17, 15) is 4.79 Å². The minimum atomic E-state index is -0.294. The molecule has 9 nitrogen and oxygen atoms in total. The van der Waals surface area contributed by atoms with Gasteiger partial charge in [0.25, 0.3) is 5.91 Å². The highest BCUT2D eigenvalue weighted by molar-refractivity contribution is 6.06. The summed E-state index contributed by atoms with van der Waals surface area (Å²) in [7, 11) is 3.03. The van der Waals surface area contributed by atoms with Crippen molar-refractivity contribution in [3.8, 4) is 17.3 Å². The second kappa shape index (κ2) is 9.17. The lowest BCUT2D eigenvalue weighted by Gasteiger charge is -2.13. The Kier molecular flexibility index (Phi) is 5.98. The average Bonchev–Trinajstić information content (AvgIpc) is 3.25. The summed E-state index contributed by atoms with van der Waals surface area (Å²) < 4.78 is 12.5. The van der Waals surface area contributed by atoms with Gasteiger partial charge in [-0.05, 0) is 43.3 Å². The number of nitrogens with one attached hydrogen (secondary N) is 2. The summed E-state index contributed by atoms with van der Waals surface area (Å²) >= 11 is 0. The van der Waals surface area contributed by atoms with Gasteiger partial charge < -0.3 is 20.1 Å². The maximum absolute atomic E-state index is 12.7. The lowest BCUT2D eigenvalue weighted by molar-refractivity contribution is 0.102. The van der Waals surface area contributed by atoms with Crippen LogP contribution in [0.4, 0.5) is 17.2 Å². The fourth-order valence-electron chi connectivity index (χ4n) is 3.22. The molecule has 0 unspecified atom stereocenters. The van der Waals surface area contributed by atoms with E-state index in [2.05, 4.69) is 25.6 Å². The molecule has 2 aromatic heterocycles. The number of hydrogen-bond acceptors (Lipinski definition) is 7. The zero-order valence-corrected chi connectivity index (χ0v) is 17.9. The van der Waals surface area contributed by atoms with Crippen LogP contribution < -0.4 is 20.1 Å². The highest BCUT2D eigenvalue weighted by atomic mass is 16.5. The van der Waals surface area contributed by atoms with E-state index in [1.54, 1.807) is 36.5 Å². The number of rotatable bonds is 7.